The Morgan fingerprint density at radius 3 is 2.72 bits per heavy atom. The molecule has 1 aromatic rings. The summed E-state index contributed by atoms with van der Waals surface area (Å²) in [4.78, 5) is 2.46. The molecule has 0 saturated carbocycles. The molecule has 2 fully saturated rings. The highest BCUT2D eigenvalue weighted by molar-refractivity contribution is 7.86. The number of likely N-dealkylation sites (tertiary alicyclic amines) is 1. The molecule has 0 bridgehead atoms. The molecule has 0 N–H and O–H groups in total. The summed E-state index contributed by atoms with van der Waals surface area (Å²) < 4.78 is 33.1. The van der Waals surface area contributed by atoms with Crippen LogP contribution in [0.3, 0.4) is 0 Å². The fourth-order valence-electron chi connectivity index (χ4n) is 4.13. The Balaban J connectivity index is 1.67. The zero-order valence-electron chi connectivity index (χ0n) is 15.4. The van der Waals surface area contributed by atoms with E-state index in [9.17, 15) is 8.42 Å². The van der Waals surface area contributed by atoms with Gasteiger partial charge in [-0.25, -0.2) is 0 Å². The van der Waals surface area contributed by atoms with Crippen LogP contribution in [0.25, 0.3) is 0 Å². The van der Waals surface area contributed by atoms with Crippen molar-refractivity contribution in [2.24, 2.45) is 5.41 Å². The third-order valence-electron chi connectivity index (χ3n) is 5.47. The summed E-state index contributed by atoms with van der Waals surface area (Å²) in [5.41, 5.74) is 1.34. The van der Waals surface area contributed by atoms with Crippen LogP contribution in [-0.4, -0.2) is 69.3 Å². The molecule has 0 aromatic heterocycles. The monoisotopic (exact) mass is 367 g/mol. The van der Waals surface area contributed by atoms with Gasteiger partial charge in [-0.3, -0.25) is 4.90 Å². The second-order valence-electron chi connectivity index (χ2n) is 7.54. The van der Waals surface area contributed by atoms with Crippen LogP contribution in [0.15, 0.2) is 24.3 Å². The summed E-state index contributed by atoms with van der Waals surface area (Å²) in [5, 5.41) is 0. The largest absolute Gasteiger partial charge is 0.497 e. The van der Waals surface area contributed by atoms with Crippen molar-refractivity contribution >= 4 is 10.2 Å². The molecule has 7 heteroatoms. The minimum atomic E-state index is -3.31. The van der Waals surface area contributed by atoms with Crippen LogP contribution >= 0.6 is 0 Å². The van der Waals surface area contributed by atoms with Gasteiger partial charge in [-0.1, -0.05) is 12.1 Å². The second kappa shape index (κ2) is 7.23. The third-order valence-corrected chi connectivity index (χ3v) is 7.36. The Kier molecular flexibility index (Phi) is 5.39. The molecule has 1 aromatic carbocycles. The van der Waals surface area contributed by atoms with E-state index in [0.717, 1.165) is 44.6 Å². The summed E-state index contributed by atoms with van der Waals surface area (Å²) in [5.74, 6) is 0.883. The first-order valence-electron chi connectivity index (χ1n) is 8.88. The van der Waals surface area contributed by atoms with Gasteiger partial charge in [0.25, 0.3) is 10.2 Å². The maximum atomic E-state index is 12.4. The van der Waals surface area contributed by atoms with Gasteiger partial charge in [0.1, 0.15) is 5.75 Å². The predicted octanol–water partition coefficient (Wildman–Crippen LogP) is 1.79. The number of hydrogen-bond donors (Lipinski definition) is 0. The van der Waals surface area contributed by atoms with Crippen molar-refractivity contribution in [1.82, 2.24) is 13.5 Å². The fraction of sp³-hybridized carbons (Fsp3) is 0.667. The van der Waals surface area contributed by atoms with Crippen molar-refractivity contribution in [3.63, 3.8) is 0 Å². The lowest BCUT2D eigenvalue weighted by Gasteiger charge is -2.40. The number of ether oxygens (including phenoxy) is 1. The van der Waals surface area contributed by atoms with Gasteiger partial charge in [0, 0.05) is 40.3 Å². The lowest BCUT2D eigenvalue weighted by molar-refractivity contribution is 0.0931. The number of benzene rings is 1. The average Bonchev–Trinajstić information content (AvgIpc) is 2.99. The Bertz CT molecular complexity index is 707. The molecular weight excluding hydrogens is 338 g/mol. The van der Waals surface area contributed by atoms with Crippen molar-refractivity contribution < 1.29 is 13.2 Å². The summed E-state index contributed by atoms with van der Waals surface area (Å²) in [6.07, 6.45) is 3.19. The molecule has 1 spiro atoms. The van der Waals surface area contributed by atoms with Crippen LogP contribution in [0.5, 0.6) is 5.75 Å². The SMILES string of the molecule is COc1cccc(CN2CCC[C@]3(CCN(S(=O)(=O)N(C)C)C3)C2)c1. The molecule has 6 nitrogen and oxygen atoms in total. The van der Waals surface area contributed by atoms with Gasteiger partial charge in [0.05, 0.1) is 7.11 Å². The molecule has 0 aliphatic carbocycles. The van der Waals surface area contributed by atoms with Gasteiger partial charge in [-0.05, 0) is 48.9 Å². The maximum absolute atomic E-state index is 12.4. The molecule has 0 amide bonds. The predicted molar refractivity (Wildman–Crippen MR) is 98.7 cm³/mol. The zero-order valence-corrected chi connectivity index (χ0v) is 16.3. The summed E-state index contributed by atoms with van der Waals surface area (Å²) in [6.45, 7) is 4.19. The first-order chi connectivity index (χ1) is 11.8. The summed E-state index contributed by atoms with van der Waals surface area (Å²) in [6, 6.07) is 8.19. The Morgan fingerprint density at radius 2 is 2.00 bits per heavy atom. The van der Waals surface area contributed by atoms with E-state index in [-0.39, 0.29) is 5.41 Å². The molecule has 25 heavy (non-hydrogen) atoms. The Morgan fingerprint density at radius 1 is 1.20 bits per heavy atom. The molecule has 0 radical (unpaired) electrons. The topological polar surface area (TPSA) is 53.1 Å². The van der Waals surface area contributed by atoms with Crippen molar-refractivity contribution in [2.45, 2.75) is 25.8 Å². The third kappa shape index (κ3) is 4.00. The van der Waals surface area contributed by atoms with Gasteiger partial charge in [0.2, 0.25) is 0 Å². The molecule has 0 unspecified atom stereocenters. The Hall–Kier alpha value is -1.15. The first kappa shape index (κ1) is 18.6. The van der Waals surface area contributed by atoms with E-state index in [1.165, 1.54) is 9.87 Å². The van der Waals surface area contributed by atoms with Crippen LogP contribution in [0.2, 0.25) is 0 Å². The Labute approximate surface area is 151 Å². The highest BCUT2D eigenvalue weighted by Crippen LogP contribution is 2.40. The van der Waals surface area contributed by atoms with Crippen LogP contribution in [0, 0.1) is 5.41 Å². The molecule has 140 valence electrons. The molecule has 2 heterocycles. The lowest BCUT2D eigenvalue weighted by atomic mass is 9.79. The second-order valence-corrected chi connectivity index (χ2v) is 9.68. The standard InChI is InChI=1S/C18H29N3O3S/c1-19(2)25(22,23)21-11-9-18(15-21)8-5-10-20(14-18)13-16-6-4-7-17(12-16)24-3/h4,6-7,12H,5,8-11,13-15H2,1-3H3/t18-/m0/s1. The van der Waals surface area contributed by atoms with Gasteiger partial charge >= 0.3 is 0 Å². The van der Waals surface area contributed by atoms with E-state index < -0.39 is 10.2 Å². The molecule has 2 aliphatic rings. The van der Waals surface area contributed by atoms with E-state index >= 15 is 0 Å². The molecule has 1 atom stereocenters. The van der Waals surface area contributed by atoms with Crippen LogP contribution in [-0.2, 0) is 16.8 Å². The van der Waals surface area contributed by atoms with Crippen molar-refractivity contribution in [1.29, 1.82) is 0 Å². The van der Waals surface area contributed by atoms with Gasteiger partial charge < -0.3 is 4.74 Å². The van der Waals surface area contributed by atoms with Gasteiger partial charge in [0.15, 0.2) is 0 Å². The lowest BCUT2D eigenvalue weighted by Crippen LogP contribution is -2.46. The average molecular weight is 368 g/mol. The summed E-state index contributed by atoms with van der Waals surface area (Å²) >= 11 is 0. The highest BCUT2D eigenvalue weighted by atomic mass is 32.2. The van der Waals surface area contributed by atoms with Gasteiger partial charge in [-0.15, -0.1) is 0 Å². The molecular formula is C18H29N3O3S. The quantitative estimate of drug-likeness (QED) is 0.796. The number of piperidine rings is 1. The van der Waals surface area contributed by atoms with Crippen molar-refractivity contribution in [3.05, 3.63) is 29.8 Å². The normalized spacial score (nSPS) is 25.8. The van der Waals surface area contributed by atoms with Crippen LogP contribution in [0.4, 0.5) is 0 Å². The van der Waals surface area contributed by atoms with E-state index in [0.29, 0.717) is 13.1 Å². The molecule has 3 rings (SSSR count). The fourth-order valence-corrected chi connectivity index (χ4v) is 5.35. The van der Waals surface area contributed by atoms with Crippen molar-refractivity contribution in [3.8, 4) is 5.75 Å². The van der Waals surface area contributed by atoms with E-state index in [2.05, 4.69) is 17.0 Å². The molecule has 2 aliphatic heterocycles. The minimum Gasteiger partial charge on any atom is -0.497 e. The molecule has 2 saturated heterocycles. The van der Waals surface area contributed by atoms with Gasteiger partial charge in [-0.2, -0.15) is 17.0 Å². The first-order valence-corrected chi connectivity index (χ1v) is 10.3. The highest BCUT2D eigenvalue weighted by Gasteiger charge is 2.45. The van der Waals surface area contributed by atoms with E-state index in [4.69, 9.17) is 4.74 Å². The van der Waals surface area contributed by atoms with E-state index in [1.807, 2.05) is 12.1 Å². The number of hydrogen-bond acceptors (Lipinski definition) is 4. The summed E-state index contributed by atoms with van der Waals surface area (Å²) in [7, 11) is 1.60. The van der Waals surface area contributed by atoms with E-state index in [1.54, 1.807) is 25.5 Å². The smallest absolute Gasteiger partial charge is 0.281 e. The number of methoxy groups -OCH3 is 1. The van der Waals surface area contributed by atoms with Crippen LogP contribution in [0.1, 0.15) is 24.8 Å². The number of nitrogens with zero attached hydrogens (tertiary/aromatic N) is 3. The zero-order chi connectivity index (χ0) is 18.1. The minimum absolute atomic E-state index is 0.0974. The van der Waals surface area contributed by atoms with Crippen molar-refractivity contribution in [2.75, 3.05) is 47.4 Å². The number of rotatable bonds is 5. The maximum Gasteiger partial charge on any atom is 0.281 e. The van der Waals surface area contributed by atoms with Crippen LogP contribution < -0.4 is 4.74 Å².